The second-order valence-corrected chi connectivity index (χ2v) is 8.30. The normalized spacial score (nSPS) is 14.9. The van der Waals surface area contributed by atoms with Gasteiger partial charge in [-0.2, -0.15) is 0 Å². The van der Waals surface area contributed by atoms with Gasteiger partial charge in [0, 0.05) is 31.3 Å². The predicted molar refractivity (Wildman–Crippen MR) is 123 cm³/mol. The number of carbonyl (C=O) groups is 2. The average Bonchev–Trinajstić information content (AvgIpc) is 3.34. The van der Waals surface area contributed by atoms with Crippen molar-refractivity contribution in [2.75, 3.05) is 34.4 Å². The number of esters is 1. The van der Waals surface area contributed by atoms with Crippen LogP contribution in [0.3, 0.4) is 0 Å². The number of nitrogens with zero attached hydrogens (tertiary/aromatic N) is 3. The molecule has 184 valence electrons. The molecule has 0 spiro atoms. The van der Waals surface area contributed by atoms with E-state index in [0.717, 1.165) is 0 Å². The third kappa shape index (κ3) is 4.57. The number of amides is 2. The summed E-state index contributed by atoms with van der Waals surface area (Å²) < 4.78 is 30.2. The highest BCUT2D eigenvalue weighted by atomic mass is 19.1. The Labute approximate surface area is 201 Å². The van der Waals surface area contributed by atoms with E-state index in [9.17, 15) is 19.2 Å². The van der Waals surface area contributed by atoms with Crippen LogP contribution >= 0.6 is 0 Å². The number of hydrogen-bond donors (Lipinski definition) is 1. The first-order chi connectivity index (χ1) is 16.8. The molecular weight excluding hydrogens is 457 g/mol. The highest BCUT2D eigenvalue weighted by molar-refractivity contribution is 5.84. The topological polar surface area (TPSA) is 105 Å². The van der Waals surface area contributed by atoms with Crippen LogP contribution in [0, 0.1) is 5.82 Å². The van der Waals surface area contributed by atoms with Crippen molar-refractivity contribution in [3.05, 3.63) is 60.2 Å². The van der Waals surface area contributed by atoms with E-state index < -0.39 is 17.4 Å². The number of aromatic nitrogens is 1. The van der Waals surface area contributed by atoms with Crippen molar-refractivity contribution >= 4 is 12.0 Å². The van der Waals surface area contributed by atoms with Crippen LogP contribution in [0.4, 0.5) is 9.18 Å². The minimum atomic E-state index is -1.24. The molecule has 0 radical (unpaired) electrons. The fourth-order valence-electron chi connectivity index (χ4n) is 4.25. The molecule has 4 rings (SSSR count). The lowest BCUT2D eigenvalue weighted by atomic mass is 9.78. The molecule has 2 aromatic carbocycles. The highest BCUT2D eigenvalue weighted by Gasteiger charge is 2.49. The first kappa shape index (κ1) is 24.2. The number of hydrogen-bond acceptors (Lipinski definition) is 7. The summed E-state index contributed by atoms with van der Waals surface area (Å²) in [5, 5.41) is 10.0. The standard InChI is InChI=1S/C25H26FN3O6/c1-28(32)24(31)29-14-12-25(13-15-29,23(30)34-3)22-27-20(16-4-8-18(26)9-5-16)21(35-22)17-6-10-19(33-2)11-7-17/h4-11,32H,12-15H2,1-3H3. The zero-order valence-electron chi connectivity index (χ0n) is 19.7. The number of urea groups is 1. The summed E-state index contributed by atoms with van der Waals surface area (Å²) in [4.78, 5) is 31.4. The van der Waals surface area contributed by atoms with Crippen LogP contribution in [0.2, 0.25) is 0 Å². The molecule has 9 nitrogen and oxygen atoms in total. The van der Waals surface area contributed by atoms with E-state index in [-0.39, 0.29) is 37.6 Å². The number of piperidine rings is 1. The monoisotopic (exact) mass is 483 g/mol. The van der Waals surface area contributed by atoms with Gasteiger partial charge in [-0.05, 0) is 61.4 Å². The fraction of sp³-hybridized carbons (Fsp3) is 0.320. The molecule has 1 aliphatic heterocycles. The van der Waals surface area contributed by atoms with Gasteiger partial charge >= 0.3 is 12.0 Å². The number of carbonyl (C=O) groups excluding carboxylic acids is 2. The van der Waals surface area contributed by atoms with Crippen molar-refractivity contribution in [2.24, 2.45) is 0 Å². The zero-order valence-corrected chi connectivity index (χ0v) is 19.7. The van der Waals surface area contributed by atoms with E-state index in [1.54, 1.807) is 43.5 Å². The summed E-state index contributed by atoms with van der Waals surface area (Å²) in [7, 11) is 4.10. The number of hydroxylamine groups is 2. The van der Waals surface area contributed by atoms with Gasteiger partial charge in [-0.15, -0.1) is 0 Å². The Bertz CT molecular complexity index is 1200. The van der Waals surface area contributed by atoms with Crippen LogP contribution in [0.25, 0.3) is 22.6 Å². The van der Waals surface area contributed by atoms with Crippen molar-refractivity contribution in [2.45, 2.75) is 18.3 Å². The smallest absolute Gasteiger partial charge is 0.343 e. The Morgan fingerprint density at radius 2 is 1.66 bits per heavy atom. The quantitative estimate of drug-likeness (QED) is 0.331. The molecule has 1 aliphatic rings. The molecule has 2 heterocycles. The number of oxazole rings is 1. The Morgan fingerprint density at radius 3 is 2.20 bits per heavy atom. The van der Waals surface area contributed by atoms with Crippen LogP contribution in [0.1, 0.15) is 18.7 Å². The Balaban J connectivity index is 1.80. The minimum absolute atomic E-state index is 0.152. The van der Waals surface area contributed by atoms with Crippen molar-refractivity contribution in [3.63, 3.8) is 0 Å². The lowest BCUT2D eigenvalue weighted by Gasteiger charge is -2.38. The molecule has 0 aliphatic carbocycles. The third-order valence-corrected chi connectivity index (χ3v) is 6.25. The first-order valence-corrected chi connectivity index (χ1v) is 11.0. The Hall–Kier alpha value is -3.92. The number of rotatable bonds is 5. The van der Waals surface area contributed by atoms with Crippen LogP contribution in [-0.4, -0.2) is 66.5 Å². The van der Waals surface area contributed by atoms with Crippen molar-refractivity contribution in [3.8, 4) is 28.3 Å². The molecule has 3 aromatic rings. The summed E-state index contributed by atoms with van der Waals surface area (Å²) in [5.74, 6) is 0.300. The maximum absolute atomic E-state index is 13.6. The summed E-state index contributed by atoms with van der Waals surface area (Å²) in [5.41, 5.74) is 0.515. The summed E-state index contributed by atoms with van der Waals surface area (Å²) in [6.07, 6.45) is 0.370. The fourth-order valence-corrected chi connectivity index (χ4v) is 4.25. The number of halogens is 1. The van der Waals surface area contributed by atoms with Gasteiger partial charge in [-0.1, -0.05) is 0 Å². The summed E-state index contributed by atoms with van der Waals surface area (Å²) >= 11 is 0. The van der Waals surface area contributed by atoms with Crippen molar-refractivity contribution < 1.29 is 33.1 Å². The molecule has 10 heteroatoms. The van der Waals surface area contributed by atoms with Crippen molar-refractivity contribution in [1.82, 2.24) is 14.9 Å². The second-order valence-electron chi connectivity index (χ2n) is 8.30. The van der Waals surface area contributed by atoms with E-state index in [1.165, 1.54) is 31.2 Å². The van der Waals surface area contributed by atoms with Gasteiger partial charge in [0.25, 0.3) is 0 Å². The molecule has 1 fully saturated rings. The second kappa shape index (κ2) is 9.75. The molecule has 1 saturated heterocycles. The van der Waals surface area contributed by atoms with E-state index in [0.29, 0.717) is 33.4 Å². The van der Waals surface area contributed by atoms with Crippen LogP contribution in [0.5, 0.6) is 5.75 Å². The zero-order chi connectivity index (χ0) is 25.2. The highest BCUT2D eigenvalue weighted by Crippen LogP contribution is 2.42. The Kier molecular flexibility index (Phi) is 6.74. The number of methoxy groups -OCH3 is 2. The molecule has 35 heavy (non-hydrogen) atoms. The molecule has 1 aromatic heterocycles. The molecule has 1 N–H and O–H groups in total. The van der Waals surface area contributed by atoms with Crippen LogP contribution in [-0.2, 0) is 14.9 Å². The van der Waals surface area contributed by atoms with Crippen LogP contribution < -0.4 is 4.74 Å². The van der Waals surface area contributed by atoms with Gasteiger partial charge in [-0.3, -0.25) is 10.0 Å². The average molecular weight is 483 g/mol. The molecule has 0 unspecified atom stereocenters. The molecule has 0 saturated carbocycles. The van der Waals surface area contributed by atoms with Gasteiger partial charge in [0.05, 0.1) is 14.2 Å². The third-order valence-electron chi connectivity index (χ3n) is 6.25. The SMILES string of the molecule is COC(=O)C1(c2nc(-c3ccc(F)cc3)c(-c3ccc(OC)cc3)o2)CCN(C(=O)N(C)O)CC1. The van der Waals surface area contributed by atoms with Gasteiger partial charge in [0.15, 0.2) is 5.76 Å². The van der Waals surface area contributed by atoms with Gasteiger partial charge < -0.3 is 18.8 Å². The van der Waals surface area contributed by atoms with E-state index in [1.807, 2.05) is 0 Å². The maximum Gasteiger partial charge on any atom is 0.343 e. The first-order valence-electron chi connectivity index (χ1n) is 11.0. The number of ether oxygens (including phenoxy) is 2. The summed E-state index contributed by atoms with van der Waals surface area (Å²) in [6.45, 7) is 0.371. The van der Waals surface area contributed by atoms with Gasteiger partial charge in [0.1, 0.15) is 22.7 Å². The number of likely N-dealkylation sites (tertiary alicyclic amines) is 1. The lowest BCUT2D eigenvalue weighted by Crippen LogP contribution is -2.51. The van der Waals surface area contributed by atoms with Gasteiger partial charge in [0.2, 0.25) is 5.89 Å². The van der Waals surface area contributed by atoms with Gasteiger partial charge in [-0.25, -0.2) is 19.2 Å². The van der Waals surface area contributed by atoms with E-state index in [2.05, 4.69) is 0 Å². The molecule has 0 atom stereocenters. The minimum Gasteiger partial charge on any atom is -0.497 e. The summed E-state index contributed by atoms with van der Waals surface area (Å²) in [6, 6.07) is 12.4. The van der Waals surface area contributed by atoms with Crippen molar-refractivity contribution in [1.29, 1.82) is 0 Å². The Morgan fingerprint density at radius 1 is 1.06 bits per heavy atom. The predicted octanol–water partition coefficient (Wildman–Crippen LogP) is 4.10. The van der Waals surface area contributed by atoms with Crippen LogP contribution in [0.15, 0.2) is 52.9 Å². The molecular formula is C25H26FN3O6. The lowest BCUT2D eigenvalue weighted by molar-refractivity contribution is -0.150. The van der Waals surface area contributed by atoms with E-state index in [4.69, 9.17) is 18.9 Å². The molecule has 2 amide bonds. The molecule has 0 bridgehead atoms. The maximum atomic E-state index is 13.6. The largest absolute Gasteiger partial charge is 0.497 e. The number of benzene rings is 2. The van der Waals surface area contributed by atoms with E-state index >= 15 is 0 Å².